The molecule has 0 aliphatic rings. The number of unbranched alkanes of at least 4 members (excludes halogenated alkanes) is 1. The molecule has 0 aliphatic carbocycles. The van der Waals surface area contributed by atoms with E-state index in [-0.39, 0.29) is 0 Å². The van der Waals surface area contributed by atoms with Crippen molar-refractivity contribution in [2.45, 2.75) is 19.8 Å². The molecule has 0 radical (unpaired) electrons. The summed E-state index contributed by atoms with van der Waals surface area (Å²) in [5.41, 5.74) is 0. The molecule has 0 aromatic heterocycles. The van der Waals surface area contributed by atoms with E-state index >= 15 is 0 Å². The third-order valence-corrected chi connectivity index (χ3v) is 3.97. The van der Waals surface area contributed by atoms with Gasteiger partial charge in [-0.25, -0.2) is 0 Å². The molecule has 0 aliphatic heterocycles. The lowest BCUT2D eigenvalue weighted by atomic mass is 10.3. The highest BCUT2D eigenvalue weighted by Gasteiger charge is 2.38. The van der Waals surface area contributed by atoms with Gasteiger partial charge in [-0.1, -0.05) is 13.3 Å². The van der Waals surface area contributed by atoms with Crippen molar-refractivity contribution in [2.24, 2.45) is 0 Å². The van der Waals surface area contributed by atoms with Crippen LogP contribution in [0, 0.1) is 0 Å². The zero-order valence-electron chi connectivity index (χ0n) is 8.35. The van der Waals surface area contributed by atoms with E-state index in [0.717, 1.165) is 19.4 Å². The molecule has 0 aromatic rings. The highest BCUT2D eigenvalue weighted by Crippen LogP contribution is 2.00. The van der Waals surface area contributed by atoms with Crippen molar-refractivity contribution in [1.29, 1.82) is 0 Å². The summed E-state index contributed by atoms with van der Waals surface area (Å²) in [5, 5.41) is 0. The Balaban J connectivity index is 3.76. The van der Waals surface area contributed by atoms with Gasteiger partial charge in [0.1, 0.15) is 0 Å². The standard InChI is InChI=1S/C7H19NO3Si/c1-5-6-7-8-12(9-2,10-3)11-4/h8H,5-7H2,1-4H3. The van der Waals surface area contributed by atoms with Gasteiger partial charge in [-0.05, 0) is 13.0 Å². The summed E-state index contributed by atoms with van der Waals surface area (Å²) in [6.45, 7) is 3.01. The normalized spacial score (nSPS) is 12.0. The molecule has 0 atom stereocenters. The zero-order chi connectivity index (χ0) is 9.45. The van der Waals surface area contributed by atoms with E-state index in [4.69, 9.17) is 13.3 Å². The van der Waals surface area contributed by atoms with Crippen LogP contribution < -0.4 is 4.98 Å². The lowest BCUT2D eigenvalue weighted by Crippen LogP contribution is -2.57. The van der Waals surface area contributed by atoms with E-state index < -0.39 is 8.97 Å². The van der Waals surface area contributed by atoms with Gasteiger partial charge < -0.3 is 13.3 Å². The predicted octanol–water partition coefficient (Wildman–Crippen LogP) is 0.751. The minimum Gasteiger partial charge on any atom is -0.364 e. The third-order valence-electron chi connectivity index (χ3n) is 1.68. The topological polar surface area (TPSA) is 39.7 Å². The van der Waals surface area contributed by atoms with Crippen LogP contribution in [0.4, 0.5) is 0 Å². The van der Waals surface area contributed by atoms with E-state index in [9.17, 15) is 0 Å². The molecule has 5 heteroatoms. The number of rotatable bonds is 7. The minimum atomic E-state index is -2.50. The first kappa shape index (κ1) is 12.1. The van der Waals surface area contributed by atoms with Crippen molar-refractivity contribution < 1.29 is 13.3 Å². The maximum Gasteiger partial charge on any atom is 0.595 e. The Morgan fingerprint density at radius 3 is 1.92 bits per heavy atom. The van der Waals surface area contributed by atoms with E-state index in [1.54, 1.807) is 21.3 Å². The molecular weight excluding hydrogens is 174 g/mol. The predicted molar refractivity (Wildman–Crippen MR) is 49.7 cm³/mol. The van der Waals surface area contributed by atoms with Gasteiger partial charge >= 0.3 is 8.97 Å². The second kappa shape index (κ2) is 6.56. The van der Waals surface area contributed by atoms with Crippen LogP contribution in [0.2, 0.25) is 0 Å². The second-order valence-corrected chi connectivity index (χ2v) is 5.14. The maximum absolute atomic E-state index is 5.17. The second-order valence-electron chi connectivity index (χ2n) is 2.45. The zero-order valence-corrected chi connectivity index (χ0v) is 9.35. The summed E-state index contributed by atoms with van der Waals surface area (Å²) in [4.78, 5) is 3.16. The molecule has 0 bridgehead atoms. The first-order valence-corrected chi connectivity index (χ1v) is 5.87. The summed E-state index contributed by atoms with van der Waals surface area (Å²) in [6, 6.07) is 0. The van der Waals surface area contributed by atoms with Gasteiger partial charge in [0.2, 0.25) is 0 Å². The largest absolute Gasteiger partial charge is 0.595 e. The fourth-order valence-electron chi connectivity index (χ4n) is 0.885. The molecule has 0 amide bonds. The van der Waals surface area contributed by atoms with Crippen molar-refractivity contribution in [3.63, 3.8) is 0 Å². The average Bonchev–Trinajstić information content (AvgIpc) is 2.14. The van der Waals surface area contributed by atoms with Gasteiger partial charge in [-0.15, -0.1) is 0 Å². The van der Waals surface area contributed by atoms with E-state index in [1.807, 2.05) is 0 Å². The quantitative estimate of drug-likeness (QED) is 0.478. The average molecular weight is 193 g/mol. The van der Waals surface area contributed by atoms with Crippen LogP contribution in [0.5, 0.6) is 0 Å². The van der Waals surface area contributed by atoms with Gasteiger partial charge in [0.25, 0.3) is 0 Å². The minimum absolute atomic E-state index is 0.873. The van der Waals surface area contributed by atoms with Crippen LogP contribution in [-0.4, -0.2) is 36.8 Å². The Kier molecular flexibility index (Phi) is 6.59. The molecule has 0 heterocycles. The molecule has 4 nitrogen and oxygen atoms in total. The van der Waals surface area contributed by atoms with E-state index in [1.165, 1.54) is 0 Å². The maximum atomic E-state index is 5.17. The summed E-state index contributed by atoms with van der Waals surface area (Å²) in [7, 11) is 2.28. The van der Waals surface area contributed by atoms with Crippen molar-refractivity contribution >= 4 is 8.97 Å². The first-order chi connectivity index (χ1) is 5.74. The molecule has 1 N–H and O–H groups in total. The molecule has 0 unspecified atom stereocenters. The summed E-state index contributed by atoms with van der Waals surface area (Å²) in [5.74, 6) is 0. The van der Waals surface area contributed by atoms with Crippen molar-refractivity contribution in [1.82, 2.24) is 4.98 Å². The van der Waals surface area contributed by atoms with E-state index in [0.29, 0.717) is 0 Å². The third kappa shape index (κ3) is 3.64. The van der Waals surface area contributed by atoms with Crippen LogP contribution in [0.3, 0.4) is 0 Å². The Bertz CT molecular complexity index is 101. The van der Waals surface area contributed by atoms with Crippen LogP contribution in [0.1, 0.15) is 19.8 Å². The molecule has 74 valence electrons. The lowest BCUT2D eigenvalue weighted by molar-refractivity contribution is 0.110. The van der Waals surface area contributed by atoms with Gasteiger partial charge in [-0.3, -0.25) is 4.98 Å². The van der Waals surface area contributed by atoms with Crippen molar-refractivity contribution in [3.05, 3.63) is 0 Å². The van der Waals surface area contributed by atoms with Crippen LogP contribution in [0.25, 0.3) is 0 Å². The molecular formula is C7H19NO3Si. The lowest BCUT2D eigenvalue weighted by Gasteiger charge is -2.24. The number of hydrogen-bond acceptors (Lipinski definition) is 4. The summed E-state index contributed by atoms with van der Waals surface area (Å²) >= 11 is 0. The molecule has 0 spiro atoms. The van der Waals surface area contributed by atoms with Gasteiger partial charge in [0, 0.05) is 21.3 Å². The first-order valence-electron chi connectivity index (χ1n) is 4.15. The van der Waals surface area contributed by atoms with Crippen LogP contribution in [-0.2, 0) is 13.3 Å². The van der Waals surface area contributed by atoms with E-state index in [2.05, 4.69) is 11.9 Å². The smallest absolute Gasteiger partial charge is 0.364 e. The summed E-state index contributed by atoms with van der Waals surface area (Å²) < 4.78 is 15.5. The Hall–Kier alpha value is 0.0569. The monoisotopic (exact) mass is 193 g/mol. The molecule has 0 fully saturated rings. The number of hydrogen-bond donors (Lipinski definition) is 1. The summed E-state index contributed by atoms with van der Waals surface area (Å²) in [6.07, 6.45) is 2.25. The molecule has 0 saturated carbocycles. The Morgan fingerprint density at radius 2 is 1.58 bits per heavy atom. The molecule has 0 saturated heterocycles. The van der Waals surface area contributed by atoms with Crippen molar-refractivity contribution in [2.75, 3.05) is 27.9 Å². The van der Waals surface area contributed by atoms with Gasteiger partial charge in [0.15, 0.2) is 0 Å². The van der Waals surface area contributed by atoms with Crippen LogP contribution in [0.15, 0.2) is 0 Å². The Morgan fingerprint density at radius 1 is 1.08 bits per heavy atom. The molecule has 12 heavy (non-hydrogen) atoms. The highest BCUT2D eigenvalue weighted by atomic mass is 28.4. The highest BCUT2D eigenvalue weighted by molar-refractivity contribution is 6.57. The fourth-order valence-corrected chi connectivity index (χ4v) is 2.30. The van der Waals surface area contributed by atoms with Gasteiger partial charge in [0.05, 0.1) is 0 Å². The van der Waals surface area contributed by atoms with Crippen molar-refractivity contribution in [3.8, 4) is 0 Å². The number of nitrogens with one attached hydrogen (secondary N) is 1. The molecule has 0 rings (SSSR count). The Labute approximate surface area is 75.7 Å². The fraction of sp³-hybridized carbons (Fsp3) is 1.00. The SMILES string of the molecule is CCCCN[Si](OC)(OC)OC. The van der Waals surface area contributed by atoms with Gasteiger partial charge in [-0.2, -0.15) is 0 Å². The van der Waals surface area contributed by atoms with Crippen LogP contribution >= 0.6 is 0 Å². The molecule has 0 aromatic carbocycles.